The molecule has 0 radical (unpaired) electrons. The van der Waals surface area contributed by atoms with Crippen molar-refractivity contribution in [3.8, 4) is 11.1 Å². The molecule has 2 aromatic carbocycles. The van der Waals surface area contributed by atoms with E-state index in [1.807, 2.05) is 0 Å². The van der Waals surface area contributed by atoms with Gasteiger partial charge in [0.1, 0.15) is 0 Å². The van der Waals surface area contributed by atoms with Crippen LogP contribution in [0.4, 0.5) is 30.8 Å². The molecule has 3 aromatic rings. The summed E-state index contributed by atoms with van der Waals surface area (Å²) in [6, 6.07) is 7.52. The van der Waals surface area contributed by atoms with Crippen LogP contribution in [0.1, 0.15) is 18.4 Å². The number of piperazine rings is 1. The summed E-state index contributed by atoms with van der Waals surface area (Å²) in [5.41, 5.74) is 3.93. The molecule has 1 spiro atoms. The lowest BCUT2D eigenvalue weighted by atomic mass is 9.98. The summed E-state index contributed by atoms with van der Waals surface area (Å²) in [4.78, 5) is 3.83. The molecule has 1 saturated heterocycles. The normalized spacial score (nSPS) is 17.6. The highest BCUT2D eigenvalue weighted by molar-refractivity contribution is 7.89. The summed E-state index contributed by atoms with van der Waals surface area (Å²) < 4.78 is 70.0. The molecule has 0 bridgehead atoms. The Morgan fingerprint density at radius 1 is 1.17 bits per heavy atom. The molecule has 0 amide bonds. The molecule has 0 atom stereocenters. The van der Waals surface area contributed by atoms with Gasteiger partial charge in [0.15, 0.2) is 0 Å². The number of aromatic nitrogens is 3. The number of alkyl halides is 3. The first-order valence-electron chi connectivity index (χ1n) is 10.7. The van der Waals surface area contributed by atoms with Crippen LogP contribution in [0.15, 0.2) is 41.3 Å². The highest BCUT2D eigenvalue weighted by Gasteiger charge is 2.54. The average molecular weight is 564 g/mol. The lowest BCUT2D eigenvalue weighted by Crippen LogP contribution is -2.55. The van der Waals surface area contributed by atoms with E-state index in [2.05, 4.69) is 25.8 Å². The number of nitrogens with zero attached hydrogens (tertiary/aromatic N) is 3. The van der Waals surface area contributed by atoms with E-state index >= 15 is 0 Å². The quantitative estimate of drug-likeness (QED) is 0.369. The third-order valence-electron chi connectivity index (χ3n) is 6.19. The fraction of sp³-hybridized carbons (Fsp3) is 0.333. The summed E-state index contributed by atoms with van der Waals surface area (Å²) in [6.45, 7) is 1.49. The van der Waals surface area contributed by atoms with E-state index in [1.54, 1.807) is 0 Å². The number of nitrogens with two attached hydrogens (primary N) is 1. The topological polar surface area (TPSA) is 129 Å². The molecule has 2 fully saturated rings. The maximum atomic E-state index is 14.0. The van der Waals surface area contributed by atoms with Gasteiger partial charge in [-0.2, -0.15) is 22.5 Å². The van der Waals surface area contributed by atoms with Gasteiger partial charge in [-0.3, -0.25) is 0 Å². The standard InChI is InChI=1S/C21H21ClF3N7O2S.ClH/c22-16-10-13(28-19-29-18(26)30-31-19)9-15(21(23,24)25)17(16)12-1-3-14(4-2-12)35(33,34)32-8-7-27-11-20(32)5-6-20;/h1-4,9-10,27H,5-8,11H2,(H4,26,28,29,30,31);1H. The Balaban J connectivity index is 0.00000304. The van der Waals surface area contributed by atoms with Crippen molar-refractivity contribution in [2.75, 3.05) is 30.7 Å². The van der Waals surface area contributed by atoms with Crippen LogP contribution in [0.3, 0.4) is 0 Å². The Morgan fingerprint density at radius 3 is 2.44 bits per heavy atom. The largest absolute Gasteiger partial charge is 0.417 e. The smallest absolute Gasteiger partial charge is 0.368 e. The maximum absolute atomic E-state index is 14.0. The molecular weight excluding hydrogens is 542 g/mol. The van der Waals surface area contributed by atoms with E-state index in [0.717, 1.165) is 18.9 Å². The molecular formula is C21H22Cl2F3N7O2S. The first kappa shape index (κ1) is 26.5. The van der Waals surface area contributed by atoms with Gasteiger partial charge in [0.2, 0.25) is 21.9 Å². The van der Waals surface area contributed by atoms with E-state index in [-0.39, 0.29) is 51.0 Å². The van der Waals surface area contributed by atoms with E-state index in [1.165, 1.54) is 34.6 Å². The lowest BCUT2D eigenvalue weighted by molar-refractivity contribution is -0.137. The number of sulfonamides is 1. The lowest BCUT2D eigenvalue weighted by Gasteiger charge is -2.35. The summed E-state index contributed by atoms with van der Waals surface area (Å²) in [6.07, 6.45) is -3.18. The first-order valence-corrected chi connectivity index (χ1v) is 12.5. The molecule has 5 rings (SSSR count). The molecule has 2 heterocycles. The third-order valence-corrected chi connectivity index (χ3v) is 8.50. The SMILES string of the molecule is Cl.Nc1nc(Nc2cc(Cl)c(-c3ccc(S(=O)(=O)N4CCNCC45CC5)cc3)c(C(F)(F)F)c2)n[nH]1. The molecule has 194 valence electrons. The highest BCUT2D eigenvalue weighted by Crippen LogP contribution is 2.46. The fourth-order valence-corrected chi connectivity index (χ4v) is 6.50. The van der Waals surface area contributed by atoms with Gasteiger partial charge in [0.25, 0.3) is 0 Å². The van der Waals surface area contributed by atoms with Crippen molar-refractivity contribution in [3.05, 3.63) is 47.0 Å². The molecule has 5 N–H and O–H groups in total. The number of hydrogen-bond donors (Lipinski definition) is 4. The summed E-state index contributed by atoms with van der Waals surface area (Å²) in [5.74, 6) is -0.0231. The van der Waals surface area contributed by atoms with Crippen molar-refractivity contribution in [3.63, 3.8) is 0 Å². The molecule has 15 heteroatoms. The van der Waals surface area contributed by atoms with Crippen LogP contribution >= 0.6 is 24.0 Å². The van der Waals surface area contributed by atoms with Crippen LogP contribution in [-0.2, 0) is 16.2 Å². The van der Waals surface area contributed by atoms with E-state index in [4.69, 9.17) is 17.3 Å². The van der Waals surface area contributed by atoms with Gasteiger partial charge in [0, 0.05) is 36.4 Å². The van der Waals surface area contributed by atoms with Crippen LogP contribution in [0.25, 0.3) is 11.1 Å². The van der Waals surface area contributed by atoms with Crippen molar-refractivity contribution >= 4 is 51.6 Å². The van der Waals surface area contributed by atoms with Crippen LogP contribution in [0.2, 0.25) is 5.02 Å². The number of nitrogen functional groups attached to an aromatic ring is 1. The van der Waals surface area contributed by atoms with Gasteiger partial charge >= 0.3 is 6.18 Å². The Labute approximate surface area is 216 Å². The summed E-state index contributed by atoms with van der Waals surface area (Å²) in [5, 5.41) is 11.8. The summed E-state index contributed by atoms with van der Waals surface area (Å²) in [7, 11) is -3.79. The van der Waals surface area contributed by atoms with E-state index < -0.39 is 27.3 Å². The van der Waals surface area contributed by atoms with Gasteiger partial charge in [-0.1, -0.05) is 23.7 Å². The zero-order valence-electron chi connectivity index (χ0n) is 18.6. The van der Waals surface area contributed by atoms with E-state index in [0.29, 0.717) is 19.6 Å². The Morgan fingerprint density at radius 2 is 1.86 bits per heavy atom. The average Bonchev–Trinajstić information content (AvgIpc) is 3.43. The van der Waals surface area contributed by atoms with Crippen molar-refractivity contribution in [2.45, 2.75) is 29.5 Å². The highest BCUT2D eigenvalue weighted by atomic mass is 35.5. The van der Waals surface area contributed by atoms with Gasteiger partial charge < -0.3 is 16.4 Å². The number of rotatable bonds is 5. The third kappa shape index (κ3) is 4.85. The monoisotopic (exact) mass is 563 g/mol. The van der Waals surface area contributed by atoms with Gasteiger partial charge in [-0.15, -0.1) is 17.5 Å². The predicted octanol–water partition coefficient (Wildman–Crippen LogP) is 4.02. The minimum atomic E-state index is -4.74. The molecule has 1 saturated carbocycles. The Hall–Kier alpha value is -2.58. The predicted molar refractivity (Wildman–Crippen MR) is 132 cm³/mol. The molecule has 2 aliphatic rings. The molecule has 9 nitrogen and oxygen atoms in total. The zero-order chi connectivity index (χ0) is 25.0. The van der Waals surface area contributed by atoms with Crippen LogP contribution < -0.4 is 16.4 Å². The fourth-order valence-electron chi connectivity index (χ4n) is 4.35. The second-order valence-electron chi connectivity index (χ2n) is 8.55. The second kappa shape index (κ2) is 9.38. The molecule has 0 unspecified atom stereocenters. The van der Waals surface area contributed by atoms with Crippen LogP contribution in [0.5, 0.6) is 0 Å². The van der Waals surface area contributed by atoms with Crippen molar-refractivity contribution in [1.29, 1.82) is 0 Å². The molecule has 36 heavy (non-hydrogen) atoms. The van der Waals surface area contributed by atoms with Gasteiger partial charge in [-0.05, 0) is 42.7 Å². The molecule has 1 aliphatic carbocycles. The number of H-pyrrole nitrogens is 1. The minimum Gasteiger partial charge on any atom is -0.368 e. The van der Waals surface area contributed by atoms with Gasteiger partial charge in [0.05, 0.1) is 15.5 Å². The summed E-state index contributed by atoms with van der Waals surface area (Å²) >= 11 is 6.30. The van der Waals surface area contributed by atoms with Gasteiger partial charge in [-0.25, -0.2) is 13.5 Å². The number of halogens is 5. The van der Waals surface area contributed by atoms with Crippen LogP contribution in [-0.4, -0.2) is 53.1 Å². The number of hydrogen-bond acceptors (Lipinski definition) is 7. The minimum absolute atomic E-state index is 0. The number of nitrogens with one attached hydrogen (secondary N) is 3. The Kier molecular flexibility index (Phi) is 6.90. The zero-order valence-corrected chi connectivity index (χ0v) is 21.0. The molecule has 1 aromatic heterocycles. The first-order chi connectivity index (χ1) is 16.5. The Bertz CT molecular complexity index is 1380. The van der Waals surface area contributed by atoms with Crippen molar-refractivity contribution < 1.29 is 21.6 Å². The number of anilines is 3. The van der Waals surface area contributed by atoms with Crippen molar-refractivity contribution in [2.24, 2.45) is 0 Å². The van der Waals surface area contributed by atoms with E-state index in [9.17, 15) is 21.6 Å². The second-order valence-corrected chi connectivity index (χ2v) is 10.8. The maximum Gasteiger partial charge on any atom is 0.417 e. The van der Waals surface area contributed by atoms with Crippen molar-refractivity contribution in [1.82, 2.24) is 24.8 Å². The molecule has 1 aliphatic heterocycles. The van der Waals surface area contributed by atoms with Crippen LogP contribution in [0, 0.1) is 0 Å². The number of aromatic amines is 1. The number of benzene rings is 2.